The van der Waals surface area contributed by atoms with Gasteiger partial charge in [0.1, 0.15) is 0 Å². The molecule has 1 N–H and O–H groups in total. The zero-order valence-corrected chi connectivity index (χ0v) is 15.0. The Hall–Kier alpha value is -3.27. The molecule has 27 heavy (non-hydrogen) atoms. The van der Waals surface area contributed by atoms with Crippen molar-refractivity contribution in [1.29, 1.82) is 0 Å². The van der Waals surface area contributed by atoms with Crippen molar-refractivity contribution in [2.45, 2.75) is 0 Å². The molecule has 0 radical (unpaired) electrons. The van der Waals surface area contributed by atoms with E-state index in [0.29, 0.717) is 27.3 Å². The van der Waals surface area contributed by atoms with Gasteiger partial charge in [-0.05, 0) is 24.3 Å². The molecule has 0 bridgehead atoms. The summed E-state index contributed by atoms with van der Waals surface area (Å²) in [5.74, 6) is 0.146. The van der Waals surface area contributed by atoms with Crippen molar-refractivity contribution < 1.29 is 33.8 Å². The lowest BCUT2D eigenvalue weighted by Gasteiger charge is -2.08. The summed E-state index contributed by atoms with van der Waals surface area (Å²) >= 11 is 3.31. The van der Waals surface area contributed by atoms with Crippen molar-refractivity contribution in [3.05, 3.63) is 50.0 Å². The Balaban J connectivity index is 1.88. The van der Waals surface area contributed by atoms with Gasteiger partial charge in [-0.15, -0.1) is 0 Å². The van der Waals surface area contributed by atoms with Crippen molar-refractivity contribution in [1.82, 2.24) is 0 Å². The van der Waals surface area contributed by atoms with Crippen molar-refractivity contribution >= 4 is 39.2 Å². The van der Waals surface area contributed by atoms with Crippen LogP contribution in [0.1, 0.15) is 11.1 Å². The minimum Gasteiger partial charge on any atom is -0.478 e. The number of nitro benzene ring substituents is 1. The van der Waals surface area contributed by atoms with Crippen LogP contribution in [0.2, 0.25) is 0 Å². The first-order valence-corrected chi connectivity index (χ1v) is 8.36. The minimum absolute atomic E-state index is 0.0327. The fourth-order valence-corrected chi connectivity index (χ4v) is 3.29. The molecule has 0 atom stereocenters. The van der Waals surface area contributed by atoms with Gasteiger partial charge in [0.2, 0.25) is 13.6 Å². The number of carbonyl (C=O) groups is 1. The van der Waals surface area contributed by atoms with Crippen LogP contribution < -0.4 is 18.9 Å². The molecule has 0 unspecified atom stereocenters. The maximum Gasteiger partial charge on any atom is 0.336 e. The average Bonchev–Trinajstić information content (AvgIpc) is 3.25. The molecule has 0 aromatic heterocycles. The lowest BCUT2D eigenvalue weighted by Crippen LogP contribution is -2.02. The van der Waals surface area contributed by atoms with Gasteiger partial charge in [0, 0.05) is 10.0 Å². The summed E-state index contributed by atoms with van der Waals surface area (Å²) < 4.78 is 21.4. The highest BCUT2D eigenvalue weighted by atomic mass is 79.9. The third-order valence-corrected chi connectivity index (χ3v) is 4.66. The van der Waals surface area contributed by atoms with E-state index in [1.165, 1.54) is 24.3 Å². The lowest BCUT2D eigenvalue weighted by atomic mass is 10.0. The first-order chi connectivity index (χ1) is 12.9. The summed E-state index contributed by atoms with van der Waals surface area (Å²) in [6.07, 6.45) is 1.21. The Kier molecular flexibility index (Phi) is 4.11. The second-order valence-corrected chi connectivity index (χ2v) is 6.42. The fourth-order valence-electron chi connectivity index (χ4n) is 2.75. The molecule has 0 fully saturated rings. The van der Waals surface area contributed by atoms with Crippen molar-refractivity contribution in [3.63, 3.8) is 0 Å². The smallest absolute Gasteiger partial charge is 0.336 e. The second kappa shape index (κ2) is 6.47. The normalized spacial score (nSPS) is 14.3. The van der Waals surface area contributed by atoms with E-state index >= 15 is 0 Å². The van der Waals surface area contributed by atoms with Gasteiger partial charge in [0.05, 0.1) is 22.1 Å². The summed E-state index contributed by atoms with van der Waals surface area (Å²) in [5.41, 5.74) is -0.0954. The van der Waals surface area contributed by atoms with E-state index in [1.54, 1.807) is 6.07 Å². The van der Waals surface area contributed by atoms with Crippen LogP contribution >= 0.6 is 15.9 Å². The Morgan fingerprint density at radius 2 is 1.59 bits per heavy atom. The number of carboxylic acids is 1. The highest BCUT2D eigenvalue weighted by Gasteiger charge is 2.25. The topological polar surface area (TPSA) is 117 Å². The Bertz CT molecular complexity index is 1020. The number of halogens is 1. The first-order valence-electron chi connectivity index (χ1n) is 7.56. The molecule has 9 nitrogen and oxygen atoms in total. The van der Waals surface area contributed by atoms with Gasteiger partial charge in [-0.25, -0.2) is 4.79 Å². The highest BCUT2D eigenvalue weighted by Crippen LogP contribution is 2.42. The number of hydrogen-bond donors (Lipinski definition) is 1. The Morgan fingerprint density at radius 3 is 2.19 bits per heavy atom. The van der Waals surface area contributed by atoms with Crippen LogP contribution in [0, 0.1) is 10.1 Å². The van der Waals surface area contributed by atoms with Crippen LogP contribution in [0.3, 0.4) is 0 Å². The van der Waals surface area contributed by atoms with E-state index in [9.17, 15) is 20.0 Å². The Morgan fingerprint density at radius 1 is 1.04 bits per heavy atom. The van der Waals surface area contributed by atoms with Crippen LogP contribution in [0.4, 0.5) is 5.69 Å². The highest BCUT2D eigenvalue weighted by molar-refractivity contribution is 9.10. The third kappa shape index (κ3) is 3.04. The summed E-state index contributed by atoms with van der Waals surface area (Å²) in [5, 5.41) is 21.1. The number of nitrogens with zero attached hydrogens (tertiary/aromatic N) is 1. The van der Waals surface area contributed by atoms with Crippen molar-refractivity contribution in [2.24, 2.45) is 0 Å². The lowest BCUT2D eigenvalue weighted by molar-refractivity contribution is -0.385. The molecule has 0 aliphatic carbocycles. The molecule has 0 saturated carbocycles. The fraction of sp³-hybridized carbons (Fsp3) is 0.118. The summed E-state index contributed by atoms with van der Waals surface area (Å²) in [6.45, 7) is -0.0237. The predicted molar refractivity (Wildman–Crippen MR) is 95.0 cm³/mol. The van der Waals surface area contributed by atoms with E-state index in [1.807, 2.05) is 0 Å². The second-order valence-electron chi connectivity index (χ2n) is 5.57. The number of nitro groups is 1. The average molecular weight is 436 g/mol. The maximum atomic E-state index is 11.9. The largest absolute Gasteiger partial charge is 0.478 e. The zero-order valence-electron chi connectivity index (χ0n) is 13.4. The first kappa shape index (κ1) is 17.2. The van der Waals surface area contributed by atoms with Crippen LogP contribution in [0.25, 0.3) is 11.6 Å². The number of fused-ring (bicyclic) bond motifs is 2. The quantitative estimate of drug-likeness (QED) is 0.335. The van der Waals surface area contributed by atoms with E-state index in [-0.39, 0.29) is 36.2 Å². The van der Waals surface area contributed by atoms with Gasteiger partial charge in [-0.3, -0.25) is 10.1 Å². The van der Waals surface area contributed by atoms with E-state index in [4.69, 9.17) is 18.9 Å². The van der Waals surface area contributed by atoms with E-state index < -0.39 is 10.9 Å². The van der Waals surface area contributed by atoms with Crippen molar-refractivity contribution in [2.75, 3.05) is 13.6 Å². The van der Waals surface area contributed by atoms with Crippen LogP contribution in [-0.4, -0.2) is 29.6 Å². The van der Waals surface area contributed by atoms with Crippen LogP contribution in [0.5, 0.6) is 23.0 Å². The molecule has 2 aromatic carbocycles. The monoisotopic (exact) mass is 435 g/mol. The van der Waals surface area contributed by atoms with Crippen molar-refractivity contribution in [3.8, 4) is 23.0 Å². The van der Waals surface area contributed by atoms with Gasteiger partial charge in [-0.1, -0.05) is 15.9 Å². The summed E-state index contributed by atoms with van der Waals surface area (Å²) in [6, 6.07) is 5.68. The molecule has 4 rings (SSSR count). The number of rotatable bonds is 4. The molecule has 138 valence electrons. The van der Waals surface area contributed by atoms with Gasteiger partial charge < -0.3 is 24.1 Å². The number of aliphatic carboxylic acids is 1. The van der Waals surface area contributed by atoms with E-state index in [2.05, 4.69) is 15.9 Å². The molecule has 2 aliphatic rings. The number of hydrogen-bond acceptors (Lipinski definition) is 7. The van der Waals surface area contributed by atoms with Crippen LogP contribution in [-0.2, 0) is 4.79 Å². The van der Waals surface area contributed by atoms with Gasteiger partial charge >= 0.3 is 5.97 Å². The standard InChI is InChI=1S/C17H10BrNO8/c18-11-4-15-14(25-7-26-15)3-9(11)10(17(20)21)1-8-2-13-16(27-6-24-13)5-12(8)19(22)23/h1-5H,6-7H2,(H,20,21)/b10-1+. The SMILES string of the molecule is O=C(O)/C(=C/c1cc2c(cc1[N+](=O)[O-])OCO2)c1cc2c(cc1Br)OCO2. The predicted octanol–water partition coefficient (Wildman–Crippen LogP) is 3.44. The molecule has 0 spiro atoms. The molecular formula is C17H10BrNO8. The molecule has 10 heteroatoms. The van der Waals surface area contributed by atoms with Gasteiger partial charge in [-0.2, -0.15) is 0 Å². The summed E-state index contributed by atoms with van der Waals surface area (Å²) in [7, 11) is 0. The van der Waals surface area contributed by atoms with Gasteiger partial charge in [0.15, 0.2) is 23.0 Å². The molecule has 2 aliphatic heterocycles. The van der Waals surface area contributed by atoms with E-state index in [0.717, 1.165) is 0 Å². The number of benzene rings is 2. The van der Waals surface area contributed by atoms with Crippen LogP contribution in [0.15, 0.2) is 28.7 Å². The minimum atomic E-state index is -1.26. The Labute approximate surface area is 160 Å². The summed E-state index contributed by atoms with van der Waals surface area (Å²) in [4.78, 5) is 22.7. The molecular weight excluding hydrogens is 426 g/mol. The zero-order chi connectivity index (χ0) is 19.1. The molecule has 0 saturated heterocycles. The molecule has 2 heterocycles. The number of ether oxygens (including phenoxy) is 4. The number of carboxylic acid groups (broad SMARTS) is 1. The van der Waals surface area contributed by atoms with Gasteiger partial charge in [0.25, 0.3) is 5.69 Å². The maximum absolute atomic E-state index is 11.9. The third-order valence-electron chi connectivity index (χ3n) is 4.00. The molecule has 0 amide bonds. The molecule has 2 aromatic rings.